The summed E-state index contributed by atoms with van der Waals surface area (Å²) in [5.74, 6) is 0. The molecule has 0 aliphatic rings. The van der Waals surface area contributed by atoms with Crippen LogP contribution in [0.3, 0.4) is 0 Å². The number of nitrogens with zero attached hydrogens (tertiary/aromatic N) is 1. The lowest BCUT2D eigenvalue weighted by atomic mass is 10.3. The van der Waals surface area contributed by atoms with Crippen LogP contribution in [-0.4, -0.2) is 31.1 Å². The summed E-state index contributed by atoms with van der Waals surface area (Å²) in [4.78, 5) is 0. The van der Waals surface area contributed by atoms with E-state index < -0.39 is 7.29 Å². The Morgan fingerprint density at radius 3 is 2.27 bits per heavy atom. The highest BCUT2D eigenvalue weighted by atomic mass is 31.2. The van der Waals surface area contributed by atoms with Gasteiger partial charge in [-0.25, -0.2) is 0 Å². The zero-order chi connectivity index (χ0) is 8.91. The van der Waals surface area contributed by atoms with Crippen molar-refractivity contribution < 1.29 is 4.57 Å². The molecule has 68 valence electrons. The van der Waals surface area contributed by atoms with Crippen LogP contribution in [0.15, 0.2) is 0 Å². The summed E-state index contributed by atoms with van der Waals surface area (Å²) >= 11 is 0. The normalized spacial score (nSPS) is 16.8. The minimum Gasteiger partial charge on any atom is -0.307 e. The van der Waals surface area contributed by atoms with Crippen molar-refractivity contribution in [3.63, 3.8) is 0 Å². The first-order valence-electron chi connectivity index (χ1n) is 4.32. The Labute approximate surface area is 70.4 Å². The predicted molar refractivity (Wildman–Crippen MR) is 51.6 cm³/mol. The molecule has 0 spiro atoms. The molecule has 0 fully saturated rings. The van der Waals surface area contributed by atoms with E-state index in [9.17, 15) is 4.57 Å². The maximum absolute atomic E-state index is 11.7. The Kier molecular flexibility index (Phi) is 5.03. The van der Waals surface area contributed by atoms with Crippen LogP contribution in [-0.2, 0) is 4.57 Å². The fraction of sp³-hybridized carbons (Fsp3) is 1.00. The molecule has 0 saturated heterocycles. The smallest absolute Gasteiger partial charge is 0.146 e. The molecule has 0 rings (SSSR count). The van der Waals surface area contributed by atoms with Gasteiger partial charge in [-0.15, -0.1) is 0 Å². The number of hydrogen-bond acceptors (Lipinski definition) is 1. The van der Waals surface area contributed by atoms with E-state index in [0.29, 0.717) is 0 Å². The quantitative estimate of drug-likeness (QED) is 0.602. The second-order valence-electron chi connectivity index (χ2n) is 3.10. The lowest BCUT2D eigenvalue weighted by Gasteiger charge is -2.23. The van der Waals surface area contributed by atoms with Gasteiger partial charge in [-0.1, -0.05) is 20.3 Å². The van der Waals surface area contributed by atoms with Gasteiger partial charge in [0.2, 0.25) is 0 Å². The Bertz CT molecular complexity index is 147. The average molecular weight is 177 g/mol. The van der Waals surface area contributed by atoms with E-state index in [1.165, 1.54) is 6.42 Å². The van der Waals surface area contributed by atoms with Crippen LogP contribution in [0.1, 0.15) is 26.7 Å². The first-order valence-corrected chi connectivity index (χ1v) is 6.62. The molecule has 2 nitrogen and oxygen atoms in total. The molecule has 0 bridgehead atoms. The van der Waals surface area contributed by atoms with Gasteiger partial charge in [-0.3, -0.25) is 4.67 Å². The second-order valence-corrected chi connectivity index (χ2v) is 6.52. The summed E-state index contributed by atoms with van der Waals surface area (Å²) in [6, 6.07) is 0. The fourth-order valence-corrected chi connectivity index (χ4v) is 1.89. The third-order valence-electron chi connectivity index (χ3n) is 2.14. The van der Waals surface area contributed by atoms with Crippen LogP contribution in [0, 0.1) is 0 Å². The Morgan fingerprint density at radius 1 is 1.36 bits per heavy atom. The SMILES string of the molecule is CCCCN(C)P(C)(=O)CC. The first-order chi connectivity index (χ1) is 5.04. The van der Waals surface area contributed by atoms with Crippen molar-refractivity contribution in [2.45, 2.75) is 26.7 Å². The van der Waals surface area contributed by atoms with Crippen molar-refractivity contribution in [3.05, 3.63) is 0 Å². The molecule has 3 heteroatoms. The van der Waals surface area contributed by atoms with Crippen LogP contribution in [0.5, 0.6) is 0 Å². The molecule has 0 aliphatic heterocycles. The molecule has 0 aliphatic carbocycles. The molecule has 0 N–H and O–H groups in total. The van der Waals surface area contributed by atoms with Crippen molar-refractivity contribution in [2.75, 3.05) is 26.4 Å². The third-order valence-corrected chi connectivity index (χ3v) is 4.96. The molecule has 1 unspecified atom stereocenters. The maximum Gasteiger partial charge on any atom is 0.146 e. The lowest BCUT2D eigenvalue weighted by molar-refractivity contribution is 0.462. The van der Waals surface area contributed by atoms with Crippen LogP contribution in [0.2, 0.25) is 0 Å². The molecule has 0 aromatic carbocycles. The average Bonchev–Trinajstić information content (AvgIpc) is 2.00. The van der Waals surface area contributed by atoms with Gasteiger partial charge in [0.05, 0.1) is 0 Å². The number of rotatable bonds is 5. The molecule has 0 amide bonds. The highest BCUT2D eigenvalue weighted by Gasteiger charge is 2.17. The highest BCUT2D eigenvalue weighted by Crippen LogP contribution is 2.43. The summed E-state index contributed by atoms with van der Waals surface area (Å²) in [6.07, 6.45) is 3.11. The van der Waals surface area contributed by atoms with Crippen LogP contribution in [0.25, 0.3) is 0 Å². The summed E-state index contributed by atoms with van der Waals surface area (Å²) in [5.41, 5.74) is 0. The van der Waals surface area contributed by atoms with Crippen molar-refractivity contribution >= 4 is 7.29 Å². The summed E-state index contributed by atoms with van der Waals surface area (Å²) in [7, 11) is -0.00257. The Morgan fingerprint density at radius 2 is 1.91 bits per heavy atom. The molecular formula is C8H20NOP. The van der Waals surface area contributed by atoms with Crippen molar-refractivity contribution in [1.82, 2.24) is 4.67 Å². The summed E-state index contributed by atoms with van der Waals surface area (Å²) in [6.45, 7) is 6.98. The summed E-state index contributed by atoms with van der Waals surface area (Å²) in [5, 5.41) is 0. The standard InChI is InChI=1S/C8H20NOP/c1-5-7-8-9(3)11(4,10)6-2/h5-8H2,1-4H3. The Hall–Kier alpha value is 0.190. The molecule has 0 aromatic rings. The van der Waals surface area contributed by atoms with E-state index in [1.807, 2.05) is 25.3 Å². The molecule has 1 atom stereocenters. The molecule has 0 saturated carbocycles. The zero-order valence-corrected chi connectivity index (χ0v) is 9.03. The monoisotopic (exact) mass is 177 g/mol. The van der Waals surface area contributed by atoms with Crippen molar-refractivity contribution in [2.24, 2.45) is 0 Å². The van der Waals surface area contributed by atoms with E-state index in [4.69, 9.17) is 0 Å². The largest absolute Gasteiger partial charge is 0.307 e. The molecule has 11 heavy (non-hydrogen) atoms. The van der Waals surface area contributed by atoms with Gasteiger partial charge in [-0.2, -0.15) is 0 Å². The lowest BCUT2D eigenvalue weighted by Crippen LogP contribution is -2.16. The fourth-order valence-electron chi connectivity index (χ4n) is 0.840. The van der Waals surface area contributed by atoms with E-state index >= 15 is 0 Å². The zero-order valence-electron chi connectivity index (χ0n) is 8.13. The van der Waals surface area contributed by atoms with Crippen molar-refractivity contribution in [1.29, 1.82) is 0 Å². The van der Waals surface area contributed by atoms with E-state index in [0.717, 1.165) is 19.1 Å². The number of unbranched alkanes of at least 4 members (excludes halogenated alkanes) is 1. The maximum atomic E-state index is 11.7. The minimum absolute atomic E-state index is 0.785. The minimum atomic E-state index is -1.96. The molecule has 0 radical (unpaired) electrons. The van der Waals surface area contributed by atoms with E-state index in [2.05, 4.69) is 6.92 Å². The van der Waals surface area contributed by atoms with Crippen LogP contribution >= 0.6 is 7.29 Å². The van der Waals surface area contributed by atoms with Gasteiger partial charge in [0, 0.05) is 19.4 Å². The third kappa shape index (κ3) is 3.93. The van der Waals surface area contributed by atoms with Gasteiger partial charge >= 0.3 is 0 Å². The first kappa shape index (κ1) is 11.2. The van der Waals surface area contributed by atoms with Crippen molar-refractivity contribution in [3.8, 4) is 0 Å². The van der Waals surface area contributed by atoms with E-state index in [1.54, 1.807) is 0 Å². The molecule has 0 heterocycles. The van der Waals surface area contributed by atoms with Gasteiger partial charge < -0.3 is 4.57 Å². The Balaban J connectivity index is 3.81. The highest BCUT2D eigenvalue weighted by molar-refractivity contribution is 7.60. The van der Waals surface area contributed by atoms with Gasteiger partial charge in [0.15, 0.2) is 0 Å². The number of hydrogen-bond donors (Lipinski definition) is 0. The van der Waals surface area contributed by atoms with Crippen LogP contribution < -0.4 is 0 Å². The summed E-state index contributed by atoms with van der Waals surface area (Å²) < 4.78 is 13.7. The topological polar surface area (TPSA) is 20.3 Å². The predicted octanol–water partition coefficient (Wildman–Crippen LogP) is 2.65. The second kappa shape index (κ2) is 4.95. The van der Waals surface area contributed by atoms with Crippen LogP contribution in [0.4, 0.5) is 0 Å². The molecular weight excluding hydrogens is 157 g/mol. The van der Waals surface area contributed by atoms with Gasteiger partial charge in [0.1, 0.15) is 7.29 Å². The molecule has 0 aromatic heterocycles. The van der Waals surface area contributed by atoms with Gasteiger partial charge in [-0.05, 0) is 13.5 Å². The van der Waals surface area contributed by atoms with Gasteiger partial charge in [0.25, 0.3) is 0 Å². The van der Waals surface area contributed by atoms with E-state index in [-0.39, 0.29) is 0 Å².